The Morgan fingerprint density at radius 2 is 1.67 bits per heavy atom. The molecular formula is C15H16FNO. The van der Waals surface area contributed by atoms with Gasteiger partial charge in [0.25, 0.3) is 0 Å². The Morgan fingerprint density at radius 1 is 1.00 bits per heavy atom. The first-order valence-electron chi connectivity index (χ1n) is 5.97. The van der Waals surface area contributed by atoms with E-state index >= 15 is 0 Å². The van der Waals surface area contributed by atoms with E-state index in [9.17, 15) is 4.39 Å². The summed E-state index contributed by atoms with van der Waals surface area (Å²) in [6, 6.07) is 16.1. The summed E-state index contributed by atoms with van der Waals surface area (Å²) in [5.41, 5.74) is 6.59. The molecule has 0 aromatic heterocycles. The Morgan fingerprint density at radius 3 is 2.33 bits per heavy atom. The van der Waals surface area contributed by atoms with E-state index in [-0.39, 0.29) is 17.7 Å². The molecule has 0 saturated heterocycles. The van der Waals surface area contributed by atoms with Crippen molar-refractivity contribution in [2.45, 2.75) is 12.5 Å². The third-order valence-corrected chi connectivity index (χ3v) is 2.71. The van der Waals surface area contributed by atoms with Crippen LogP contribution in [0.25, 0.3) is 0 Å². The molecule has 0 saturated carbocycles. The molecule has 0 bridgehead atoms. The lowest BCUT2D eigenvalue weighted by molar-refractivity contribution is 0.189. The lowest BCUT2D eigenvalue weighted by atomic mass is 10.1. The van der Waals surface area contributed by atoms with Crippen LogP contribution in [-0.4, -0.2) is 6.54 Å². The van der Waals surface area contributed by atoms with E-state index in [1.165, 1.54) is 6.07 Å². The summed E-state index contributed by atoms with van der Waals surface area (Å²) >= 11 is 0. The molecule has 2 rings (SSSR count). The summed E-state index contributed by atoms with van der Waals surface area (Å²) in [5.74, 6) is -0.0877. The number of para-hydroxylation sites is 1. The third kappa shape index (κ3) is 3.08. The Kier molecular flexibility index (Phi) is 4.31. The minimum Gasteiger partial charge on any atom is -0.483 e. The zero-order chi connectivity index (χ0) is 12.8. The van der Waals surface area contributed by atoms with Crippen LogP contribution in [0.15, 0.2) is 54.6 Å². The van der Waals surface area contributed by atoms with Gasteiger partial charge in [-0.1, -0.05) is 42.5 Å². The molecule has 3 heteroatoms. The molecule has 0 radical (unpaired) electrons. The maximum Gasteiger partial charge on any atom is 0.165 e. The molecule has 2 aromatic rings. The number of hydrogen-bond acceptors (Lipinski definition) is 2. The monoisotopic (exact) mass is 245 g/mol. The van der Waals surface area contributed by atoms with Crippen LogP contribution in [0.2, 0.25) is 0 Å². The third-order valence-electron chi connectivity index (χ3n) is 2.71. The maximum atomic E-state index is 13.5. The molecule has 0 heterocycles. The molecule has 0 aliphatic carbocycles. The van der Waals surface area contributed by atoms with Gasteiger partial charge in [-0.2, -0.15) is 0 Å². The molecule has 0 spiro atoms. The fraction of sp³-hybridized carbons (Fsp3) is 0.200. The zero-order valence-electron chi connectivity index (χ0n) is 10.1. The number of halogens is 1. The van der Waals surface area contributed by atoms with Gasteiger partial charge in [0.1, 0.15) is 6.10 Å². The van der Waals surface area contributed by atoms with Crippen molar-refractivity contribution < 1.29 is 9.13 Å². The van der Waals surface area contributed by atoms with Gasteiger partial charge in [-0.15, -0.1) is 0 Å². The number of hydrogen-bond donors (Lipinski definition) is 1. The predicted molar refractivity (Wildman–Crippen MR) is 69.9 cm³/mol. The highest BCUT2D eigenvalue weighted by Gasteiger charge is 2.14. The molecule has 0 aliphatic rings. The fourth-order valence-corrected chi connectivity index (χ4v) is 1.81. The van der Waals surface area contributed by atoms with Gasteiger partial charge >= 0.3 is 0 Å². The number of benzene rings is 2. The largest absolute Gasteiger partial charge is 0.483 e. The Balaban J connectivity index is 2.19. The van der Waals surface area contributed by atoms with Gasteiger partial charge in [0.15, 0.2) is 11.6 Å². The van der Waals surface area contributed by atoms with E-state index in [0.29, 0.717) is 13.0 Å². The number of ether oxygens (including phenoxy) is 1. The van der Waals surface area contributed by atoms with E-state index in [4.69, 9.17) is 10.5 Å². The highest BCUT2D eigenvalue weighted by Crippen LogP contribution is 2.26. The van der Waals surface area contributed by atoms with Gasteiger partial charge in [0.05, 0.1) is 0 Å². The van der Waals surface area contributed by atoms with Crippen LogP contribution >= 0.6 is 0 Å². The van der Waals surface area contributed by atoms with E-state index in [1.807, 2.05) is 30.3 Å². The molecule has 0 aliphatic heterocycles. The Hall–Kier alpha value is -1.87. The molecule has 18 heavy (non-hydrogen) atoms. The van der Waals surface area contributed by atoms with Crippen molar-refractivity contribution in [1.29, 1.82) is 0 Å². The Labute approximate surface area is 106 Å². The molecule has 2 N–H and O–H groups in total. The molecule has 2 nitrogen and oxygen atoms in total. The maximum absolute atomic E-state index is 13.5. The van der Waals surface area contributed by atoms with Crippen LogP contribution in [0.4, 0.5) is 4.39 Å². The van der Waals surface area contributed by atoms with Gasteiger partial charge < -0.3 is 10.5 Å². The van der Waals surface area contributed by atoms with Crippen molar-refractivity contribution in [2.24, 2.45) is 5.73 Å². The number of nitrogens with two attached hydrogens (primary N) is 1. The minimum absolute atomic E-state index is 0.215. The second kappa shape index (κ2) is 6.17. The van der Waals surface area contributed by atoms with Crippen molar-refractivity contribution in [3.63, 3.8) is 0 Å². The number of rotatable bonds is 5. The van der Waals surface area contributed by atoms with Crippen LogP contribution in [-0.2, 0) is 0 Å². The van der Waals surface area contributed by atoms with Crippen molar-refractivity contribution in [3.05, 3.63) is 66.0 Å². The smallest absolute Gasteiger partial charge is 0.165 e. The summed E-state index contributed by atoms with van der Waals surface area (Å²) in [6.07, 6.45) is 0.436. The van der Waals surface area contributed by atoms with Gasteiger partial charge in [0.2, 0.25) is 0 Å². The molecular weight excluding hydrogens is 229 g/mol. The molecule has 1 atom stereocenters. The first kappa shape index (κ1) is 12.6. The average Bonchev–Trinajstić information content (AvgIpc) is 2.42. The van der Waals surface area contributed by atoms with Crippen molar-refractivity contribution in [3.8, 4) is 5.75 Å². The van der Waals surface area contributed by atoms with Crippen molar-refractivity contribution in [1.82, 2.24) is 0 Å². The van der Waals surface area contributed by atoms with Crippen LogP contribution in [0.1, 0.15) is 18.1 Å². The van der Waals surface area contributed by atoms with Crippen molar-refractivity contribution in [2.75, 3.05) is 6.54 Å². The summed E-state index contributed by atoms with van der Waals surface area (Å²) in [6.45, 7) is 0.494. The van der Waals surface area contributed by atoms with E-state index in [0.717, 1.165) is 5.56 Å². The van der Waals surface area contributed by atoms with Crippen molar-refractivity contribution >= 4 is 0 Å². The van der Waals surface area contributed by atoms with Crippen LogP contribution < -0.4 is 10.5 Å². The lowest BCUT2D eigenvalue weighted by Crippen LogP contribution is -2.13. The quantitative estimate of drug-likeness (QED) is 0.877. The first-order valence-corrected chi connectivity index (χ1v) is 5.97. The fourth-order valence-electron chi connectivity index (χ4n) is 1.81. The molecule has 0 amide bonds. The molecule has 1 unspecified atom stereocenters. The SMILES string of the molecule is NCCC(Oc1ccccc1F)c1ccccc1. The molecule has 2 aromatic carbocycles. The molecule has 94 valence electrons. The van der Waals surface area contributed by atoms with E-state index in [2.05, 4.69) is 0 Å². The van der Waals surface area contributed by atoms with Gasteiger partial charge in [0, 0.05) is 6.42 Å². The second-order valence-electron chi connectivity index (χ2n) is 4.02. The highest BCUT2D eigenvalue weighted by molar-refractivity contribution is 5.26. The summed E-state index contributed by atoms with van der Waals surface area (Å²) in [7, 11) is 0. The minimum atomic E-state index is -0.351. The summed E-state index contributed by atoms with van der Waals surface area (Å²) in [4.78, 5) is 0. The van der Waals surface area contributed by atoms with Gasteiger partial charge in [-0.25, -0.2) is 4.39 Å². The van der Waals surface area contributed by atoms with Gasteiger partial charge in [-0.3, -0.25) is 0 Å². The predicted octanol–water partition coefficient (Wildman–Crippen LogP) is 3.29. The normalized spacial score (nSPS) is 12.1. The van der Waals surface area contributed by atoms with E-state index < -0.39 is 0 Å². The first-order chi connectivity index (χ1) is 8.81. The summed E-state index contributed by atoms with van der Waals surface area (Å²) in [5, 5.41) is 0. The topological polar surface area (TPSA) is 35.2 Å². The average molecular weight is 245 g/mol. The zero-order valence-corrected chi connectivity index (χ0v) is 10.1. The lowest BCUT2D eigenvalue weighted by Gasteiger charge is -2.19. The summed E-state index contributed by atoms with van der Waals surface area (Å²) < 4.78 is 19.3. The van der Waals surface area contributed by atoms with Crippen LogP contribution in [0, 0.1) is 5.82 Å². The Bertz CT molecular complexity index is 487. The molecule has 0 fully saturated rings. The van der Waals surface area contributed by atoms with Crippen LogP contribution in [0.3, 0.4) is 0 Å². The van der Waals surface area contributed by atoms with E-state index in [1.54, 1.807) is 18.2 Å². The standard InChI is InChI=1S/C15H16FNO/c16-13-8-4-5-9-15(13)18-14(10-11-17)12-6-2-1-3-7-12/h1-9,14H,10-11,17H2. The van der Waals surface area contributed by atoms with Crippen LogP contribution in [0.5, 0.6) is 5.75 Å². The second-order valence-corrected chi connectivity index (χ2v) is 4.02. The van der Waals surface area contributed by atoms with Gasteiger partial charge in [-0.05, 0) is 24.2 Å². The highest BCUT2D eigenvalue weighted by atomic mass is 19.1.